The van der Waals surface area contributed by atoms with Gasteiger partial charge in [0.05, 0.1) is 16.5 Å². The molecule has 0 radical (unpaired) electrons. The van der Waals surface area contributed by atoms with Crippen molar-refractivity contribution in [1.29, 1.82) is 5.26 Å². The Morgan fingerprint density at radius 1 is 1.67 bits per heavy atom. The average molecular weight is 270 g/mol. The van der Waals surface area contributed by atoms with Crippen molar-refractivity contribution < 1.29 is 9.18 Å². The van der Waals surface area contributed by atoms with Gasteiger partial charge in [-0.25, -0.2) is 4.39 Å². The van der Waals surface area contributed by atoms with Gasteiger partial charge in [0, 0.05) is 6.42 Å². The van der Waals surface area contributed by atoms with Crippen LogP contribution in [0.15, 0.2) is 22.7 Å². The first-order chi connectivity index (χ1) is 7.06. The Morgan fingerprint density at radius 3 is 2.87 bits per heavy atom. The van der Waals surface area contributed by atoms with Gasteiger partial charge in [-0.3, -0.25) is 4.79 Å². The molecule has 0 aliphatic heterocycles. The van der Waals surface area contributed by atoms with E-state index in [4.69, 9.17) is 5.26 Å². The first-order valence-corrected chi connectivity index (χ1v) is 5.18. The van der Waals surface area contributed by atoms with Crippen molar-refractivity contribution in [3.8, 4) is 6.07 Å². The molecular formula is C11H9BrFNO. The summed E-state index contributed by atoms with van der Waals surface area (Å²) in [5, 5.41) is 8.90. The number of halogens is 2. The highest BCUT2D eigenvalue weighted by atomic mass is 79.9. The molecule has 0 aliphatic carbocycles. The fourth-order valence-electron chi connectivity index (χ4n) is 1.30. The van der Waals surface area contributed by atoms with Gasteiger partial charge >= 0.3 is 0 Å². The summed E-state index contributed by atoms with van der Waals surface area (Å²) in [7, 11) is 0. The van der Waals surface area contributed by atoms with E-state index in [0.29, 0.717) is 5.56 Å². The SMILES string of the molecule is CC(=O)CC(C#N)c1cccc(F)c1Br. The van der Waals surface area contributed by atoms with E-state index < -0.39 is 11.7 Å². The van der Waals surface area contributed by atoms with Crippen LogP contribution >= 0.6 is 15.9 Å². The second-order valence-electron chi connectivity index (χ2n) is 3.23. The van der Waals surface area contributed by atoms with Crippen molar-refractivity contribution in [2.75, 3.05) is 0 Å². The molecule has 0 N–H and O–H groups in total. The Balaban J connectivity index is 3.08. The fraction of sp³-hybridized carbons (Fsp3) is 0.273. The highest BCUT2D eigenvalue weighted by molar-refractivity contribution is 9.10. The smallest absolute Gasteiger partial charge is 0.137 e. The third kappa shape index (κ3) is 2.87. The van der Waals surface area contributed by atoms with Crippen LogP contribution in [0.2, 0.25) is 0 Å². The molecule has 0 spiro atoms. The zero-order valence-electron chi connectivity index (χ0n) is 8.13. The Kier molecular flexibility index (Phi) is 3.98. The van der Waals surface area contributed by atoms with E-state index in [2.05, 4.69) is 15.9 Å². The van der Waals surface area contributed by atoms with Crippen molar-refractivity contribution in [1.82, 2.24) is 0 Å². The van der Waals surface area contributed by atoms with Crippen LogP contribution in [0.4, 0.5) is 4.39 Å². The number of ketones is 1. The molecule has 0 aliphatic rings. The summed E-state index contributed by atoms with van der Waals surface area (Å²) in [5.41, 5.74) is 0.521. The maximum atomic E-state index is 13.2. The van der Waals surface area contributed by atoms with Gasteiger partial charge in [0.15, 0.2) is 0 Å². The maximum Gasteiger partial charge on any atom is 0.137 e. The second kappa shape index (κ2) is 5.04. The quantitative estimate of drug-likeness (QED) is 0.846. The molecule has 0 fully saturated rings. The second-order valence-corrected chi connectivity index (χ2v) is 4.02. The highest BCUT2D eigenvalue weighted by Gasteiger charge is 2.17. The minimum Gasteiger partial charge on any atom is -0.300 e. The van der Waals surface area contributed by atoms with Gasteiger partial charge in [-0.05, 0) is 34.5 Å². The molecule has 4 heteroatoms. The van der Waals surface area contributed by atoms with Gasteiger partial charge in [-0.1, -0.05) is 12.1 Å². The zero-order chi connectivity index (χ0) is 11.4. The summed E-state index contributed by atoms with van der Waals surface area (Å²) in [6.45, 7) is 1.41. The molecule has 0 aromatic heterocycles. The molecule has 15 heavy (non-hydrogen) atoms. The van der Waals surface area contributed by atoms with Gasteiger partial charge < -0.3 is 0 Å². The number of hydrogen-bond acceptors (Lipinski definition) is 2. The Bertz CT molecular complexity index is 425. The Labute approximate surface area is 95.8 Å². The third-order valence-electron chi connectivity index (χ3n) is 2.00. The van der Waals surface area contributed by atoms with Crippen LogP contribution in [0, 0.1) is 17.1 Å². The summed E-state index contributed by atoms with van der Waals surface area (Å²) in [6, 6.07) is 6.47. The number of carbonyl (C=O) groups is 1. The van der Waals surface area contributed by atoms with E-state index in [0.717, 1.165) is 0 Å². The summed E-state index contributed by atoms with van der Waals surface area (Å²) >= 11 is 3.07. The van der Waals surface area contributed by atoms with Crippen molar-refractivity contribution in [2.24, 2.45) is 0 Å². The lowest BCUT2D eigenvalue weighted by molar-refractivity contribution is -0.117. The molecule has 1 atom stereocenters. The van der Waals surface area contributed by atoms with Crippen LogP contribution in [-0.4, -0.2) is 5.78 Å². The van der Waals surface area contributed by atoms with E-state index in [1.54, 1.807) is 6.07 Å². The molecule has 0 heterocycles. The van der Waals surface area contributed by atoms with Crippen LogP contribution in [0.25, 0.3) is 0 Å². The van der Waals surface area contributed by atoms with Gasteiger partial charge in [-0.15, -0.1) is 0 Å². The van der Waals surface area contributed by atoms with Crippen LogP contribution in [0.1, 0.15) is 24.8 Å². The van der Waals surface area contributed by atoms with Gasteiger partial charge in [0.2, 0.25) is 0 Å². The van der Waals surface area contributed by atoms with E-state index in [9.17, 15) is 9.18 Å². The molecule has 1 rings (SSSR count). The highest BCUT2D eigenvalue weighted by Crippen LogP contribution is 2.29. The van der Waals surface area contributed by atoms with E-state index >= 15 is 0 Å². The first kappa shape index (κ1) is 11.9. The summed E-state index contributed by atoms with van der Waals surface area (Å²) < 4.78 is 13.4. The summed E-state index contributed by atoms with van der Waals surface area (Å²) in [4.78, 5) is 10.9. The monoisotopic (exact) mass is 269 g/mol. The van der Waals surface area contributed by atoms with Gasteiger partial charge in [0.1, 0.15) is 11.6 Å². The molecule has 0 amide bonds. The maximum absolute atomic E-state index is 13.2. The van der Waals surface area contributed by atoms with Crippen LogP contribution < -0.4 is 0 Å². The molecule has 0 saturated carbocycles. The predicted molar refractivity (Wildman–Crippen MR) is 57.8 cm³/mol. The predicted octanol–water partition coefficient (Wildman–Crippen LogP) is 3.17. The lowest BCUT2D eigenvalue weighted by Crippen LogP contribution is -2.03. The first-order valence-electron chi connectivity index (χ1n) is 4.39. The number of nitriles is 1. The standard InChI is InChI=1S/C11H9BrFNO/c1-7(15)5-8(6-14)9-3-2-4-10(13)11(9)12/h2-4,8H,5H2,1H3. The molecule has 1 aromatic carbocycles. The summed E-state index contributed by atoms with van der Waals surface area (Å²) in [6.07, 6.45) is 0.110. The zero-order valence-corrected chi connectivity index (χ0v) is 9.71. The average Bonchev–Trinajstić information content (AvgIpc) is 2.19. The number of benzene rings is 1. The largest absolute Gasteiger partial charge is 0.300 e. The molecular weight excluding hydrogens is 261 g/mol. The lowest BCUT2D eigenvalue weighted by atomic mass is 9.95. The van der Waals surface area contributed by atoms with E-state index in [-0.39, 0.29) is 16.7 Å². The van der Waals surface area contributed by atoms with Crippen molar-refractivity contribution in [3.05, 3.63) is 34.1 Å². The lowest BCUT2D eigenvalue weighted by Gasteiger charge is -2.09. The normalized spacial score (nSPS) is 11.9. The van der Waals surface area contributed by atoms with Gasteiger partial charge in [0.25, 0.3) is 0 Å². The van der Waals surface area contributed by atoms with Crippen molar-refractivity contribution in [2.45, 2.75) is 19.3 Å². The number of nitrogens with zero attached hydrogens (tertiary/aromatic N) is 1. The molecule has 0 saturated heterocycles. The third-order valence-corrected chi connectivity index (χ3v) is 2.84. The number of Topliss-reactive ketones (excluding diaryl/α,β-unsaturated/α-hetero) is 1. The van der Waals surface area contributed by atoms with Crippen LogP contribution in [0.3, 0.4) is 0 Å². The minimum absolute atomic E-state index is 0.0855. The van der Waals surface area contributed by atoms with Gasteiger partial charge in [-0.2, -0.15) is 5.26 Å². The van der Waals surface area contributed by atoms with E-state index in [1.165, 1.54) is 19.1 Å². The number of hydrogen-bond donors (Lipinski definition) is 0. The summed E-state index contributed by atoms with van der Waals surface area (Å²) in [5.74, 6) is -1.10. The minimum atomic E-state index is -0.590. The van der Waals surface area contributed by atoms with Crippen molar-refractivity contribution >= 4 is 21.7 Å². The number of rotatable bonds is 3. The Morgan fingerprint density at radius 2 is 2.33 bits per heavy atom. The van der Waals surface area contributed by atoms with E-state index in [1.807, 2.05) is 6.07 Å². The molecule has 78 valence electrons. The van der Waals surface area contributed by atoms with Crippen LogP contribution in [-0.2, 0) is 4.79 Å². The molecule has 1 aromatic rings. The van der Waals surface area contributed by atoms with Crippen molar-refractivity contribution in [3.63, 3.8) is 0 Å². The molecule has 0 bridgehead atoms. The topological polar surface area (TPSA) is 40.9 Å². The fourth-order valence-corrected chi connectivity index (χ4v) is 1.84. The molecule has 1 unspecified atom stereocenters. The number of carbonyl (C=O) groups excluding carboxylic acids is 1. The molecule has 2 nitrogen and oxygen atoms in total. The van der Waals surface area contributed by atoms with Crippen LogP contribution in [0.5, 0.6) is 0 Å². The Hall–Kier alpha value is -1.21.